The molecule has 19 heavy (non-hydrogen) atoms. The van der Waals surface area contributed by atoms with E-state index in [0.717, 1.165) is 17.7 Å². The van der Waals surface area contributed by atoms with E-state index in [9.17, 15) is 17.6 Å². The van der Waals surface area contributed by atoms with E-state index in [0.29, 0.717) is 11.1 Å². The first-order valence-corrected chi connectivity index (χ1v) is 5.51. The second kappa shape index (κ2) is 4.88. The van der Waals surface area contributed by atoms with Gasteiger partial charge in [-0.2, -0.15) is 13.2 Å². The van der Waals surface area contributed by atoms with E-state index in [2.05, 4.69) is 6.58 Å². The van der Waals surface area contributed by atoms with Crippen LogP contribution in [0.1, 0.15) is 11.1 Å². The van der Waals surface area contributed by atoms with Crippen LogP contribution in [0.4, 0.5) is 17.6 Å². The van der Waals surface area contributed by atoms with Gasteiger partial charge in [-0.1, -0.05) is 36.9 Å². The van der Waals surface area contributed by atoms with Gasteiger partial charge in [-0.05, 0) is 34.9 Å². The second-order valence-electron chi connectivity index (χ2n) is 4.02. The molecule has 0 radical (unpaired) electrons. The van der Waals surface area contributed by atoms with Gasteiger partial charge in [0.05, 0.1) is 5.56 Å². The molecule has 98 valence electrons. The van der Waals surface area contributed by atoms with E-state index >= 15 is 0 Å². The van der Waals surface area contributed by atoms with Crippen molar-refractivity contribution in [3.63, 3.8) is 0 Å². The molecule has 0 N–H and O–H groups in total. The molecule has 2 aromatic rings. The fourth-order valence-electron chi connectivity index (χ4n) is 1.77. The zero-order valence-corrected chi connectivity index (χ0v) is 9.84. The van der Waals surface area contributed by atoms with Gasteiger partial charge in [0.25, 0.3) is 0 Å². The fraction of sp³-hybridized carbons (Fsp3) is 0.0667. The third kappa shape index (κ3) is 2.84. The Morgan fingerprint density at radius 1 is 0.947 bits per heavy atom. The minimum atomic E-state index is -4.70. The van der Waals surface area contributed by atoms with Gasteiger partial charge in [0.1, 0.15) is 5.82 Å². The largest absolute Gasteiger partial charge is 0.419 e. The maximum absolute atomic E-state index is 13.2. The third-order valence-electron chi connectivity index (χ3n) is 2.73. The highest BCUT2D eigenvalue weighted by Crippen LogP contribution is 2.34. The third-order valence-corrected chi connectivity index (χ3v) is 2.73. The van der Waals surface area contributed by atoms with E-state index in [1.165, 1.54) is 6.07 Å². The smallest absolute Gasteiger partial charge is 0.206 e. The van der Waals surface area contributed by atoms with Crippen molar-refractivity contribution >= 4 is 6.08 Å². The summed E-state index contributed by atoms with van der Waals surface area (Å²) in [7, 11) is 0. The number of benzene rings is 2. The minimum Gasteiger partial charge on any atom is -0.206 e. The summed E-state index contributed by atoms with van der Waals surface area (Å²) >= 11 is 0. The summed E-state index contributed by atoms with van der Waals surface area (Å²) < 4.78 is 51.1. The molecule has 0 aromatic heterocycles. The van der Waals surface area contributed by atoms with E-state index in [1.54, 1.807) is 30.3 Å². The number of rotatable bonds is 2. The van der Waals surface area contributed by atoms with Crippen molar-refractivity contribution in [1.82, 2.24) is 0 Å². The minimum absolute atomic E-state index is 0.317. The van der Waals surface area contributed by atoms with Crippen LogP contribution >= 0.6 is 0 Å². The Labute approximate surface area is 108 Å². The summed E-state index contributed by atoms with van der Waals surface area (Å²) in [6.07, 6.45) is -3.10. The van der Waals surface area contributed by atoms with Crippen molar-refractivity contribution in [2.45, 2.75) is 6.18 Å². The van der Waals surface area contributed by atoms with Crippen molar-refractivity contribution in [2.75, 3.05) is 0 Å². The zero-order chi connectivity index (χ0) is 14.0. The Morgan fingerprint density at radius 3 is 2.26 bits per heavy atom. The van der Waals surface area contributed by atoms with E-state index in [4.69, 9.17) is 0 Å². The topological polar surface area (TPSA) is 0 Å². The summed E-state index contributed by atoms with van der Waals surface area (Å²) in [4.78, 5) is 0. The molecule has 2 rings (SSSR count). The first kappa shape index (κ1) is 13.3. The molecule has 0 heterocycles. The van der Waals surface area contributed by atoms with Crippen molar-refractivity contribution in [3.8, 4) is 11.1 Å². The van der Waals surface area contributed by atoms with Gasteiger partial charge >= 0.3 is 6.18 Å². The Morgan fingerprint density at radius 2 is 1.63 bits per heavy atom. The lowest BCUT2D eigenvalue weighted by Gasteiger charge is -2.10. The van der Waals surface area contributed by atoms with Crippen LogP contribution in [0, 0.1) is 5.82 Å². The molecular formula is C15H10F4. The number of alkyl halides is 3. The molecule has 0 fully saturated rings. The van der Waals surface area contributed by atoms with E-state index in [1.807, 2.05) is 0 Å². The molecule has 0 saturated heterocycles. The van der Waals surface area contributed by atoms with Crippen LogP contribution in [0.2, 0.25) is 0 Å². The molecule has 0 aliphatic carbocycles. The summed E-state index contributed by atoms with van der Waals surface area (Å²) in [5.74, 6) is -1.27. The van der Waals surface area contributed by atoms with Crippen LogP contribution in [0.3, 0.4) is 0 Å². The summed E-state index contributed by atoms with van der Waals surface area (Å²) in [5.41, 5.74) is 0.435. The van der Waals surface area contributed by atoms with E-state index < -0.39 is 17.6 Å². The number of hydrogen-bond acceptors (Lipinski definition) is 0. The lowest BCUT2D eigenvalue weighted by molar-refractivity contribution is -0.139. The average Bonchev–Trinajstić information content (AvgIpc) is 2.38. The molecule has 0 bridgehead atoms. The lowest BCUT2D eigenvalue weighted by atomic mass is 10.0. The Hall–Kier alpha value is -2.10. The van der Waals surface area contributed by atoms with Gasteiger partial charge in [-0.15, -0.1) is 0 Å². The van der Waals surface area contributed by atoms with Gasteiger partial charge in [-0.25, -0.2) is 4.39 Å². The van der Waals surface area contributed by atoms with Crippen LogP contribution in [-0.4, -0.2) is 0 Å². The normalized spacial score (nSPS) is 11.4. The molecular weight excluding hydrogens is 256 g/mol. The van der Waals surface area contributed by atoms with Crippen LogP contribution in [0.25, 0.3) is 17.2 Å². The molecule has 0 unspecified atom stereocenters. The Kier molecular flexibility index (Phi) is 3.42. The maximum atomic E-state index is 13.2. The van der Waals surface area contributed by atoms with Crippen LogP contribution in [0.5, 0.6) is 0 Å². The highest BCUT2D eigenvalue weighted by atomic mass is 19.4. The Bertz CT molecular complexity index is 612. The van der Waals surface area contributed by atoms with Gasteiger partial charge < -0.3 is 0 Å². The standard InChI is InChI=1S/C15H10F4/c1-2-10-4-3-5-11(8-10)12-6-7-14(16)13(9-12)15(17,18)19/h2-9H,1H2. The summed E-state index contributed by atoms with van der Waals surface area (Å²) in [6.45, 7) is 3.60. The molecule has 0 aliphatic heterocycles. The van der Waals surface area contributed by atoms with Crippen molar-refractivity contribution in [1.29, 1.82) is 0 Å². The molecule has 0 amide bonds. The van der Waals surface area contributed by atoms with Gasteiger partial charge in [0.15, 0.2) is 0 Å². The van der Waals surface area contributed by atoms with Gasteiger partial charge in [0, 0.05) is 0 Å². The predicted molar refractivity (Wildman–Crippen MR) is 66.9 cm³/mol. The van der Waals surface area contributed by atoms with Crippen molar-refractivity contribution in [3.05, 3.63) is 66.0 Å². The van der Waals surface area contributed by atoms with Crippen LogP contribution in [-0.2, 0) is 6.18 Å². The second-order valence-corrected chi connectivity index (χ2v) is 4.02. The predicted octanol–water partition coefficient (Wildman–Crippen LogP) is 5.15. The van der Waals surface area contributed by atoms with Crippen LogP contribution < -0.4 is 0 Å². The van der Waals surface area contributed by atoms with Crippen molar-refractivity contribution < 1.29 is 17.6 Å². The maximum Gasteiger partial charge on any atom is 0.419 e. The molecule has 0 saturated carbocycles. The van der Waals surface area contributed by atoms with Gasteiger partial charge in [0.2, 0.25) is 0 Å². The average molecular weight is 266 g/mol. The molecule has 0 atom stereocenters. The monoisotopic (exact) mass is 266 g/mol. The quantitative estimate of drug-likeness (QED) is 0.659. The summed E-state index contributed by atoms with van der Waals surface area (Å²) in [6, 6.07) is 9.83. The SMILES string of the molecule is C=Cc1cccc(-c2ccc(F)c(C(F)(F)F)c2)c1. The molecule has 0 nitrogen and oxygen atoms in total. The number of halogens is 4. The first-order valence-electron chi connectivity index (χ1n) is 5.51. The Balaban J connectivity index is 2.54. The fourth-order valence-corrected chi connectivity index (χ4v) is 1.77. The van der Waals surface area contributed by atoms with Crippen molar-refractivity contribution in [2.24, 2.45) is 0 Å². The van der Waals surface area contributed by atoms with E-state index in [-0.39, 0.29) is 0 Å². The lowest BCUT2D eigenvalue weighted by Crippen LogP contribution is -2.08. The van der Waals surface area contributed by atoms with Crippen LogP contribution in [0.15, 0.2) is 49.0 Å². The molecule has 4 heteroatoms. The van der Waals surface area contributed by atoms with Gasteiger partial charge in [-0.3, -0.25) is 0 Å². The molecule has 0 spiro atoms. The molecule has 2 aromatic carbocycles. The highest BCUT2D eigenvalue weighted by Gasteiger charge is 2.34. The summed E-state index contributed by atoms with van der Waals surface area (Å²) in [5, 5.41) is 0. The molecule has 0 aliphatic rings. The first-order chi connectivity index (χ1) is 8.91. The zero-order valence-electron chi connectivity index (χ0n) is 9.84. The highest BCUT2D eigenvalue weighted by molar-refractivity contribution is 5.67. The number of hydrogen-bond donors (Lipinski definition) is 0.